The molecule has 3 N–H and O–H groups in total. The van der Waals surface area contributed by atoms with E-state index in [1.54, 1.807) is 6.92 Å². The highest BCUT2D eigenvalue weighted by Crippen LogP contribution is 2.32. The van der Waals surface area contributed by atoms with Crippen molar-refractivity contribution in [1.29, 1.82) is 0 Å². The summed E-state index contributed by atoms with van der Waals surface area (Å²) in [4.78, 5) is 16.9. The Morgan fingerprint density at radius 2 is 2.06 bits per heavy atom. The summed E-state index contributed by atoms with van der Waals surface area (Å²) in [6, 6.07) is 9.45. The van der Waals surface area contributed by atoms with Crippen LogP contribution in [0, 0.1) is 6.92 Å². The predicted octanol–water partition coefficient (Wildman–Crippen LogP) is 2.40. The molecule has 1 heterocycles. The van der Waals surface area contributed by atoms with E-state index in [0.717, 1.165) is 16.1 Å². The number of anilines is 1. The number of hydrogen-bond donors (Lipinski definition) is 2. The molecule has 1 amide bonds. The van der Waals surface area contributed by atoms with Crippen molar-refractivity contribution >= 4 is 22.4 Å². The number of thiazole rings is 1. The number of hydrogen-bond acceptors (Lipinski definition) is 4. The number of amides is 1. The zero-order valence-electron chi connectivity index (χ0n) is 10.3. The zero-order valence-corrected chi connectivity index (χ0v) is 11.1. The van der Waals surface area contributed by atoms with Crippen molar-refractivity contribution in [2.45, 2.75) is 19.9 Å². The Hall–Kier alpha value is -1.72. The first-order valence-electron chi connectivity index (χ1n) is 5.67. The lowest BCUT2D eigenvalue weighted by atomic mass is 10.2. The molecule has 0 aliphatic rings. The second-order valence-corrected chi connectivity index (χ2v) is 5.08. The molecule has 0 saturated heterocycles. The lowest BCUT2D eigenvalue weighted by Gasteiger charge is -2.03. The van der Waals surface area contributed by atoms with Crippen LogP contribution in [0.15, 0.2) is 30.3 Å². The Bertz CT molecular complexity index is 549. The smallest absolute Gasteiger partial charge is 0.242 e. The molecule has 0 bridgehead atoms. The quantitative estimate of drug-likeness (QED) is 0.891. The van der Waals surface area contributed by atoms with Gasteiger partial charge in [-0.15, -0.1) is 0 Å². The minimum absolute atomic E-state index is 0.219. The van der Waals surface area contributed by atoms with Gasteiger partial charge in [0.15, 0.2) is 5.13 Å². The van der Waals surface area contributed by atoms with Crippen LogP contribution in [0.5, 0.6) is 0 Å². The molecule has 1 aromatic carbocycles. The van der Waals surface area contributed by atoms with Crippen LogP contribution in [0.3, 0.4) is 0 Å². The molecule has 1 aromatic heterocycles. The third kappa shape index (κ3) is 2.75. The SMILES string of the molecule is Cc1nc(NC(=O)[C@H](C)N)sc1-c1ccccc1. The van der Waals surface area contributed by atoms with Gasteiger partial charge in [-0.3, -0.25) is 4.79 Å². The van der Waals surface area contributed by atoms with Gasteiger partial charge < -0.3 is 11.1 Å². The van der Waals surface area contributed by atoms with E-state index in [2.05, 4.69) is 10.3 Å². The molecule has 94 valence electrons. The van der Waals surface area contributed by atoms with E-state index in [-0.39, 0.29) is 5.91 Å². The topological polar surface area (TPSA) is 68.0 Å². The Balaban J connectivity index is 2.25. The minimum atomic E-state index is -0.533. The van der Waals surface area contributed by atoms with Crippen LogP contribution in [0.25, 0.3) is 10.4 Å². The number of carbonyl (C=O) groups excluding carboxylic acids is 1. The molecule has 0 saturated carbocycles. The van der Waals surface area contributed by atoms with Gasteiger partial charge >= 0.3 is 0 Å². The molecule has 0 radical (unpaired) electrons. The Morgan fingerprint density at radius 3 is 2.67 bits per heavy atom. The standard InChI is InChI=1S/C13H15N3OS/c1-8(14)12(17)16-13-15-9(2)11(18-13)10-6-4-3-5-7-10/h3-8H,14H2,1-2H3,(H,15,16,17)/t8-/m0/s1. The van der Waals surface area contributed by atoms with Gasteiger partial charge in [-0.1, -0.05) is 41.7 Å². The second-order valence-electron chi connectivity index (χ2n) is 4.08. The van der Waals surface area contributed by atoms with Crippen LogP contribution >= 0.6 is 11.3 Å². The second kappa shape index (κ2) is 5.29. The van der Waals surface area contributed by atoms with Gasteiger partial charge in [0.25, 0.3) is 0 Å². The first kappa shape index (κ1) is 12.7. The zero-order chi connectivity index (χ0) is 13.1. The summed E-state index contributed by atoms with van der Waals surface area (Å²) in [5.74, 6) is -0.219. The minimum Gasteiger partial charge on any atom is -0.320 e. The normalized spacial score (nSPS) is 12.2. The molecular formula is C13H15N3OS. The summed E-state index contributed by atoms with van der Waals surface area (Å²) in [6.45, 7) is 3.58. The van der Waals surface area contributed by atoms with Crippen molar-refractivity contribution in [1.82, 2.24) is 4.98 Å². The molecule has 18 heavy (non-hydrogen) atoms. The van der Waals surface area contributed by atoms with E-state index in [4.69, 9.17) is 5.73 Å². The number of nitrogens with two attached hydrogens (primary N) is 1. The van der Waals surface area contributed by atoms with Crippen LogP contribution in [-0.4, -0.2) is 16.9 Å². The van der Waals surface area contributed by atoms with Gasteiger partial charge in [-0.05, 0) is 19.4 Å². The lowest BCUT2D eigenvalue weighted by Crippen LogP contribution is -2.32. The van der Waals surface area contributed by atoms with Crippen molar-refractivity contribution in [3.8, 4) is 10.4 Å². The van der Waals surface area contributed by atoms with Crippen molar-refractivity contribution < 1.29 is 4.79 Å². The van der Waals surface area contributed by atoms with Crippen LogP contribution < -0.4 is 11.1 Å². The molecule has 2 aromatic rings. The molecule has 5 heteroatoms. The van der Waals surface area contributed by atoms with Crippen molar-refractivity contribution in [2.75, 3.05) is 5.32 Å². The predicted molar refractivity (Wildman–Crippen MR) is 74.6 cm³/mol. The third-order valence-corrected chi connectivity index (χ3v) is 3.60. The molecule has 2 rings (SSSR count). The molecule has 0 unspecified atom stereocenters. The molecule has 0 aliphatic carbocycles. The van der Waals surface area contributed by atoms with E-state index < -0.39 is 6.04 Å². The number of nitrogens with zero attached hydrogens (tertiary/aromatic N) is 1. The third-order valence-electron chi connectivity index (χ3n) is 2.48. The number of carbonyl (C=O) groups is 1. The number of aryl methyl sites for hydroxylation is 1. The highest BCUT2D eigenvalue weighted by molar-refractivity contribution is 7.19. The van der Waals surface area contributed by atoms with E-state index in [1.165, 1.54) is 11.3 Å². The molecule has 4 nitrogen and oxygen atoms in total. The van der Waals surface area contributed by atoms with Gasteiger partial charge in [0.05, 0.1) is 16.6 Å². The first-order valence-corrected chi connectivity index (χ1v) is 6.49. The van der Waals surface area contributed by atoms with E-state index in [9.17, 15) is 4.79 Å². The van der Waals surface area contributed by atoms with Crippen molar-refractivity contribution in [3.63, 3.8) is 0 Å². The fourth-order valence-electron chi connectivity index (χ4n) is 1.53. The number of benzene rings is 1. The molecule has 1 atom stereocenters. The van der Waals surface area contributed by atoms with Crippen LogP contribution in [-0.2, 0) is 4.79 Å². The maximum Gasteiger partial charge on any atom is 0.242 e. The average molecular weight is 261 g/mol. The largest absolute Gasteiger partial charge is 0.320 e. The van der Waals surface area contributed by atoms with Crippen molar-refractivity contribution in [2.24, 2.45) is 5.73 Å². The highest BCUT2D eigenvalue weighted by atomic mass is 32.1. The Labute approximate surface area is 110 Å². The van der Waals surface area contributed by atoms with Gasteiger partial charge in [0.1, 0.15) is 0 Å². The monoisotopic (exact) mass is 261 g/mol. The van der Waals surface area contributed by atoms with Crippen molar-refractivity contribution in [3.05, 3.63) is 36.0 Å². The Morgan fingerprint density at radius 1 is 1.39 bits per heavy atom. The molecule has 0 aliphatic heterocycles. The highest BCUT2D eigenvalue weighted by Gasteiger charge is 2.13. The summed E-state index contributed by atoms with van der Waals surface area (Å²) in [5, 5.41) is 3.31. The first-order chi connectivity index (χ1) is 8.58. The Kier molecular flexibility index (Phi) is 3.74. The van der Waals surface area contributed by atoms with Crippen LogP contribution in [0.1, 0.15) is 12.6 Å². The van der Waals surface area contributed by atoms with Crippen LogP contribution in [0.2, 0.25) is 0 Å². The molecular weight excluding hydrogens is 246 g/mol. The summed E-state index contributed by atoms with van der Waals surface area (Å²) < 4.78 is 0. The van der Waals surface area contributed by atoms with Gasteiger partial charge in [0, 0.05) is 0 Å². The van der Waals surface area contributed by atoms with Gasteiger partial charge in [-0.2, -0.15) is 0 Å². The number of nitrogens with one attached hydrogen (secondary N) is 1. The lowest BCUT2D eigenvalue weighted by molar-refractivity contribution is -0.117. The maximum atomic E-state index is 11.5. The summed E-state index contributed by atoms with van der Waals surface area (Å²) >= 11 is 1.46. The average Bonchev–Trinajstić information content (AvgIpc) is 2.71. The van der Waals surface area contributed by atoms with Crippen LogP contribution in [0.4, 0.5) is 5.13 Å². The summed E-state index contributed by atoms with van der Waals surface area (Å²) in [7, 11) is 0. The molecule has 0 fully saturated rings. The fraction of sp³-hybridized carbons (Fsp3) is 0.231. The molecule has 0 spiro atoms. The van der Waals surface area contributed by atoms with E-state index in [0.29, 0.717) is 5.13 Å². The van der Waals surface area contributed by atoms with E-state index >= 15 is 0 Å². The van der Waals surface area contributed by atoms with Gasteiger partial charge in [-0.25, -0.2) is 4.98 Å². The summed E-state index contributed by atoms with van der Waals surface area (Å²) in [5.41, 5.74) is 7.52. The number of aromatic nitrogens is 1. The van der Waals surface area contributed by atoms with E-state index in [1.807, 2.05) is 37.3 Å². The maximum absolute atomic E-state index is 11.5. The fourth-order valence-corrected chi connectivity index (χ4v) is 2.50. The number of rotatable bonds is 3. The summed E-state index contributed by atoms with van der Waals surface area (Å²) in [6.07, 6.45) is 0. The van der Waals surface area contributed by atoms with Gasteiger partial charge in [0.2, 0.25) is 5.91 Å².